The lowest BCUT2D eigenvalue weighted by Gasteiger charge is -2.42. The summed E-state index contributed by atoms with van der Waals surface area (Å²) in [5.74, 6) is -0.934. The highest BCUT2D eigenvalue weighted by atomic mass is 16.5. The van der Waals surface area contributed by atoms with Crippen molar-refractivity contribution in [3.05, 3.63) is 35.4 Å². The fourth-order valence-corrected chi connectivity index (χ4v) is 3.38. The van der Waals surface area contributed by atoms with Crippen LogP contribution in [0.25, 0.3) is 0 Å². The molecule has 0 bridgehead atoms. The minimum Gasteiger partial charge on any atom is -0.478 e. The molecule has 1 aromatic carbocycles. The lowest BCUT2D eigenvalue weighted by atomic mass is 10.0. The van der Waals surface area contributed by atoms with Gasteiger partial charge < -0.3 is 19.5 Å². The number of aromatic carboxylic acids is 1. The molecule has 3 rings (SSSR count). The molecule has 0 aromatic heterocycles. The van der Waals surface area contributed by atoms with Crippen LogP contribution in [-0.4, -0.2) is 78.4 Å². The summed E-state index contributed by atoms with van der Waals surface area (Å²) in [7, 11) is 0. The van der Waals surface area contributed by atoms with Gasteiger partial charge in [0.1, 0.15) is 0 Å². The van der Waals surface area contributed by atoms with Crippen LogP contribution in [0.2, 0.25) is 0 Å². The fraction of sp³-hybridized carbons (Fsp3) is 0.556. The Morgan fingerprint density at radius 1 is 1.20 bits per heavy atom. The number of rotatable bonds is 4. The van der Waals surface area contributed by atoms with E-state index in [0.29, 0.717) is 52.5 Å². The summed E-state index contributed by atoms with van der Waals surface area (Å²) in [5, 5.41) is 9.12. The summed E-state index contributed by atoms with van der Waals surface area (Å²) in [6.07, 6.45) is 0. The normalized spacial score (nSPS) is 24.9. The van der Waals surface area contributed by atoms with Crippen molar-refractivity contribution in [2.75, 3.05) is 46.0 Å². The quantitative estimate of drug-likeness (QED) is 0.868. The number of carbonyl (C=O) groups excluding carboxylic acids is 1. The first kappa shape index (κ1) is 17.8. The predicted octanol–water partition coefficient (Wildman–Crippen LogP) is 0.835. The summed E-state index contributed by atoms with van der Waals surface area (Å²) in [6, 6.07) is 6.91. The maximum atomic E-state index is 12.9. The van der Waals surface area contributed by atoms with Crippen LogP contribution in [0.4, 0.5) is 0 Å². The number of carboxylic acids is 1. The SMILES string of the molecule is C[C@@]1(C(=O)N2CCOCC2)CN(Cc2cccc(C(=O)O)c2)CCO1. The molecule has 2 saturated heterocycles. The fourth-order valence-electron chi connectivity index (χ4n) is 3.38. The molecule has 0 unspecified atom stereocenters. The molecule has 1 N–H and O–H groups in total. The van der Waals surface area contributed by atoms with Gasteiger partial charge in [-0.05, 0) is 24.6 Å². The monoisotopic (exact) mass is 348 g/mol. The van der Waals surface area contributed by atoms with E-state index in [1.807, 2.05) is 13.0 Å². The van der Waals surface area contributed by atoms with Gasteiger partial charge in [-0.1, -0.05) is 12.1 Å². The van der Waals surface area contributed by atoms with Crippen molar-refractivity contribution in [1.29, 1.82) is 0 Å². The first-order valence-electron chi connectivity index (χ1n) is 8.54. The molecule has 2 aliphatic rings. The second kappa shape index (κ2) is 7.51. The molecule has 1 atom stereocenters. The van der Waals surface area contributed by atoms with Crippen LogP contribution in [-0.2, 0) is 20.8 Å². The number of benzene rings is 1. The van der Waals surface area contributed by atoms with Crippen LogP contribution < -0.4 is 0 Å². The first-order chi connectivity index (χ1) is 12.0. The van der Waals surface area contributed by atoms with Crippen molar-refractivity contribution >= 4 is 11.9 Å². The Hall–Kier alpha value is -1.96. The van der Waals surface area contributed by atoms with Crippen LogP contribution in [0.3, 0.4) is 0 Å². The number of nitrogens with zero attached hydrogens (tertiary/aromatic N) is 2. The molecule has 2 aliphatic heterocycles. The second-order valence-electron chi connectivity index (χ2n) is 6.70. The molecule has 25 heavy (non-hydrogen) atoms. The molecular weight excluding hydrogens is 324 g/mol. The molecule has 1 aromatic rings. The summed E-state index contributed by atoms with van der Waals surface area (Å²) in [6.45, 7) is 6.42. The van der Waals surface area contributed by atoms with Gasteiger partial charge in [0.05, 0.1) is 25.4 Å². The third-order valence-corrected chi connectivity index (χ3v) is 4.68. The van der Waals surface area contributed by atoms with Gasteiger partial charge >= 0.3 is 5.97 Å². The van der Waals surface area contributed by atoms with Crippen LogP contribution in [0.1, 0.15) is 22.8 Å². The Balaban J connectivity index is 1.67. The highest BCUT2D eigenvalue weighted by Gasteiger charge is 2.42. The number of carboxylic acid groups (broad SMARTS) is 1. The minimum absolute atomic E-state index is 0.000198. The van der Waals surface area contributed by atoms with Crippen molar-refractivity contribution < 1.29 is 24.2 Å². The average molecular weight is 348 g/mol. The van der Waals surface area contributed by atoms with Gasteiger partial charge in [0.2, 0.25) is 0 Å². The number of ether oxygens (including phenoxy) is 2. The van der Waals surface area contributed by atoms with Crippen molar-refractivity contribution in [2.45, 2.75) is 19.1 Å². The van der Waals surface area contributed by atoms with Gasteiger partial charge in [-0.25, -0.2) is 4.79 Å². The molecule has 7 nitrogen and oxygen atoms in total. The third kappa shape index (κ3) is 4.18. The van der Waals surface area contributed by atoms with Crippen molar-refractivity contribution in [3.63, 3.8) is 0 Å². The van der Waals surface area contributed by atoms with Gasteiger partial charge in [-0.2, -0.15) is 0 Å². The van der Waals surface area contributed by atoms with E-state index in [0.717, 1.165) is 5.56 Å². The van der Waals surface area contributed by atoms with Crippen molar-refractivity contribution in [1.82, 2.24) is 9.80 Å². The van der Waals surface area contributed by atoms with E-state index >= 15 is 0 Å². The molecule has 0 saturated carbocycles. The zero-order valence-corrected chi connectivity index (χ0v) is 14.4. The molecule has 1 amide bonds. The highest BCUT2D eigenvalue weighted by molar-refractivity contribution is 5.87. The molecule has 136 valence electrons. The number of carbonyl (C=O) groups is 2. The predicted molar refractivity (Wildman–Crippen MR) is 90.4 cm³/mol. The Bertz CT molecular complexity index is 644. The zero-order chi connectivity index (χ0) is 17.9. The van der Waals surface area contributed by atoms with E-state index < -0.39 is 11.6 Å². The number of amides is 1. The maximum absolute atomic E-state index is 12.9. The molecule has 2 heterocycles. The van der Waals surface area contributed by atoms with Gasteiger partial charge in [0.15, 0.2) is 5.60 Å². The van der Waals surface area contributed by atoms with Crippen LogP contribution >= 0.6 is 0 Å². The molecule has 0 aliphatic carbocycles. The van der Waals surface area contributed by atoms with Gasteiger partial charge in [0, 0.05) is 32.7 Å². The summed E-state index contributed by atoms with van der Waals surface area (Å²) in [4.78, 5) is 27.9. The summed E-state index contributed by atoms with van der Waals surface area (Å²) in [5.41, 5.74) is 0.320. The van der Waals surface area contributed by atoms with Gasteiger partial charge in [-0.3, -0.25) is 9.69 Å². The summed E-state index contributed by atoms with van der Waals surface area (Å²) >= 11 is 0. The summed E-state index contributed by atoms with van der Waals surface area (Å²) < 4.78 is 11.2. The maximum Gasteiger partial charge on any atom is 0.335 e. The lowest BCUT2D eigenvalue weighted by molar-refractivity contribution is -0.171. The van der Waals surface area contributed by atoms with Crippen LogP contribution in [0.5, 0.6) is 0 Å². The molecule has 7 heteroatoms. The van der Waals surface area contributed by atoms with Crippen molar-refractivity contribution in [2.24, 2.45) is 0 Å². The molecule has 0 radical (unpaired) electrons. The Morgan fingerprint density at radius 3 is 2.68 bits per heavy atom. The Morgan fingerprint density at radius 2 is 1.96 bits per heavy atom. The van der Waals surface area contributed by atoms with Gasteiger partial charge in [0.25, 0.3) is 5.91 Å². The van der Waals surface area contributed by atoms with E-state index in [2.05, 4.69) is 4.90 Å². The molecule has 2 fully saturated rings. The molecule has 0 spiro atoms. The third-order valence-electron chi connectivity index (χ3n) is 4.68. The lowest BCUT2D eigenvalue weighted by Crippen LogP contribution is -2.60. The number of morpholine rings is 2. The topological polar surface area (TPSA) is 79.3 Å². The van der Waals surface area contributed by atoms with Crippen LogP contribution in [0, 0.1) is 0 Å². The van der Waals surface area contributed by atoms with Gasteiger partial charge in [-0.15, -0.1) is 0 Å². The Kier molecular flexibility index (Phi) is 5.36. The van der Waals surface area contributed by atoms with E-state index in [4.69, 9.17) is 14.6 Å². The van der Waals surface area contributed by atoms with E-state index in [9.17, 15) is 9.59 Å². The smallest absolute Gasteiger partial charge is 0.335 e. The van der Waals surface area contributed by atoms with E-state index in [-0.39, 0.29) is 11.5 Å². The number of hydrogen-bond donors (Lipinski definition) is 1. The standard InChI is InChI=1S/C18H24N2O5/c1-18(17(23)20-6-8-24-9-7-20)13-19(5-10-25-18)12-14-3-2-4-15(11-14)16(21)22/h2-4,11H,5-10,12-13H2,1H3,(H,21,22)/t18-/m0/s1. The van der Waals surface area contributed by atoms with E-state index in [1.165, 1.54) is 0 Å². The van der Waals surface area contributed by atoms with Crippen molar-refractivity contribution in [3.8, 4) is 0 Å². The van der Waals surface area contributed by atoms with Crippen LogP contribution in [0.15, 0.2) is 24.3 Å². The number of hydrogen-bond acceptors (Lipinski definition) is 5. The zero-order valence-electron chi connectivity index (χ0n) is 14.4. The van der Waals surface area contributed by atoms with E-state index in [1.54, 1.807) is 23.1 Å². The average Bonchev–Trinajstić information content (AvgIpc) is 2.62. The molecular formula is C18H24N2O5. The minimum atomic E-state index is -0.934. The second-order valence-corrected chi connectivity index (χ2v) is 6.70. The largest absolute Gasteiger partial charge is 0.478 e. The first-order valence-corrected chi connectivity index (χ1v) is 8.54. The highest BCUT2D eigenvalue weighted by Crippen LogP contribution is 2.23. The Labute approximate surface area is 147 Å².